The number of amides is 1. The van der Waals surface area contributed by atoms with E-state index in [4.69, 9.17) is 14.5 Å². The first kappa shape index (κ1) is 27.2. The Morgan fingerprint density at radius 2 is 1.79 bits per heavy atom. The summed E-state index contributed by atoms with van der Waals surface area (Å²) in [4.78, 5) is 36.0. The van der Waals surface area contributed by atoms with Gasteiger partial charge < -0.3 is 14.8 Å². The van der Waals surface area contributed by atoms with Crippen molar-refractivity contribution in [3.8, 4) is 11.5 Å². The fourth-order valence-corrected chi connectivity index (χ4v) is 5.14. The molecule has 1 amide bonds. The van der Waals surface area contributed by atoms with E-state index in [1.165, 1.54) is 24.4 Å². The number of pyridine rings is 1. The van der Waals surface area contributed by atoms with Crippen molar-refractivity contribution in [2.24, 2.45) is 0 Å². The molecule has 38 heavy (non-hydrogen) atoms. The topological polar surface area (TPSA) is 95.3 Å². The Balaban J connectivity index is 1.70. The average Bonchev–Trinajstić information content (AvgIpc) is 2.95. The molecule has 1 unspecified atom stereocenters. The molecule has 0 saturated carbocycles. The Morgan fingerprint density at radius 1 is 1.05 bits per heavy atom. The zero-order valence-corrected chi connectivity index (χ0v) is 22.9. The standard InChI is InChI=1S/C29H32N4O4S/c1-5-19-9-11-21(12-10-19)31-27(34)26(6-2)38-29-32-23-17-25(37-4)24(36-3)16-22(23)28(35)33(29)15-13-20-8-7-14-30-18-20/h7-12,14,16-18,26H,5-6,13,15H2,1-4H3,(H,31,34). The molecular formula is C29H32N4O4S. The number of carbonyl (C=O) groups is 1. The predicted octanol–water partition coefficient (Wildman–Crippen LogP) is 5.12. The lowest BCUT2D eigenvalue weighted by atomic mass is 10.1. The van der Waals surface area contributed by atoms with Crippen LogP contribution in [0.1, 0.15) is 31.4 Å². The van der Waals surface area contributed by atoms with E-state index in [1.807, 2.05) is 43.3 Å². The summed E-state index contributed by atoms with van der Waals surface area (Å²) in [5.41, 5.74) is 3.23. The zero-order chi connectivity index (χ0) is 27.1. The highest BCUT2D eigenvalue weighted by atomic mass is 32.2. The second-order valence-corrected chi connectivity index (χ2v) is 9.91. The number of carbonyl (C=O) groups excluding carboxylic acids is 1. The summed E-state index contributed by atoms with van der Waals surface area (Å²) >= 11 is 1.29. The lowest BCUT2D eigenvalue weighted by Crippen LogP contribution is -2.28. The summed E-state index contributed by atoms with van der Waals surface area (Å²) in [6.45, 7) is 4.43. The summed E-state index contributed by atoms with van der Waals surface area (Å²) in [6.07, 6.45) is 5.59. The van der Waals surface area contributed by atoms with Gasteiger partial charge in [-0.2, -0.15) is 0 Å². The van der Waals surface area contributed by atoms with Crippen LogP contribution in [0.3, 0.4) is 0 Å². The van der Waals surface area contributed by atoms with Gasteiger partial charge in [0.15, 0.2) is 16.7 Å². The Labute approximate surface area is 226 Å². The molecular weight excluding hydrogens is 500 g/mol. The van der Waals surface area contributed by atoms with E-state index in [2.05, 4.69) is 17.2 Å². The number of thioether (sulfide) groups is 1. The number of nitrogens with zero attached hydrogens (tertiary/aromatic N) is 3. The van der Waals surface area contributed by atoms with E-state index in [0.29, 0.717) is 46.9 Å². The number of hydrogen-bond acceptors (Lipinski definition) is 7. The summed E-state index contributed by atoms with van der Waals surface area (Å²) in [7, 11) is 3.07. The minimum Gasteiger partial charge on any atom is -0.493 e. The normalized spacial score (nSPS) is 11.8. The molecule has 1 N–H and O–H groups in total. The molecule has 2 aromatic heterocycles. The molecule has 0 fully saturated rings. The van der Waals surface area contributed by atoms with E-state index in [1.54, 1.807) is 36.2 Å². The molecule has 1 atom stereocenters. The fourth-order valence-electron chi connectivity index (χ4n) is 4.10. The second kappa shape index (κ2) is 12.6. The fraction of sp³-hybridized carbons (Fsp3) is 0.310. The molecule has 8 nitrogen and oxygen atoms in total. The molecule has 198 valence electrons. The number of hydrogen-bond donors (Lipinski definition) is 1. The predicted molar refractivity (Wildman–Crippen MR) is 151 cm³/mol. The van der Waals surface area contributed by atoms with Crippen molar-refractivity contribution in [2.45, 2.75) is 50.1 Å². The van der Waals surface area contributed by atoms with Crippen LogP contribution in [0.2, 0.25) is 0 Å². The van der Waals surface area contributed by atoms with E-state index < -0.39 is 5.25 Å². The molecule has 4 aromatic rings. The third-order valence-electron chi connectivity index (χ3n) is 6.31. The SMILES string of the molecule is CCc1ccc(NC(=O)C(CC)Sc2nc3cc(OC)c(OC)cc3c(=O)n2CCc2cccnc2)cc1. The molecule has 0 radical (unpaired) electrons. The molecule has 4 rings (SSSR count). The lowest BCUT2D eigenvalue weighted by molar-refractivity contribution is -0.115. The van der Waals surface area contributed by atoms with Gasteiger partial charge in [-0.1, -0.05) is 43.8 Å². The van der Waals surface area contributed by atoms with E-state index >= 15 is 0 Å². The molecule has 0 aliphatic rings. The monoisotopic (exact) mass is 532 g/mol. The Kier molecular flexibility index (Phi) is 9.02. The number of ether oxygens (including phenoxy) is 2. The molecule has 9 heteroatoms. The van der Waals surface area contributed by atoms with Crippen LogP contribution in [-0.2, 0) is 24.2 Å². The van der Waals surface area contributed by atoms with Crippen LogP contribution in [-0.4, -0.2) is 39.9 Å². The number of rotatable bonds is 11. The van der Waals surface area contributed by atoms with Crippen LogP contribution in [0.25, 0.3) is 10.9 Å². The van der Waals surface area contributed by atoms with E-state index in [0.717, 1.165) is 17.7 Å². The summed E-state index contributed by atoms with van der Waals surface area (Å²) in [6, 6.07) is 15.0. The van der Waals surface area contributed by atoms with Crippen LogP contribution in [0.15, 0.2) is 70.9 Å². The van der Waals surface area contributed by atoms with Gasteiger partial charge in [-0.15, -0.1) is 0 Å². The Bertz CT molecular complexity index is 1460. The van der Waals surface area contributed by atoms with Crippen molar-refractivity contribution in [1.82, 2.24) is 14.5 Å². The van der Waals surface area contributed by atoms with Crippen molar-refractivity contribution in [3.63, 3.8) is 0 Å². The number of benzene rings is 2. The molecule has 2 heterocycles. The zero-order valence-electron chi connectivity index (χ0n) is 22.1. The van der Waals surface area contributed by atoms with E-state index in [9.17, 15) is 9.59 Å². The maximum absolute atomic E-state index is 13.7. The van der Waals surface area contributed by atoms with Gasteiger partial charge in [-0.05, 0) is 54.7 Å². The van der Waals surface area contributed by atoms with Crippen molar-refractivity contribution in [2.75, 3.05) is 19.5 Å². The van der Waals surface area contributed by atoms with Gasteiger partial charge in [0.05, 0.1) is 30.4 Å². The number of methoxy groups -OCH3 is 2. The van der Waals surface area contributed by atoms with Crippen LogP contribution in [0.5, 0.6) is 11.5 Å². The highest BCUT2D eigenvalue weighted by Crippen LogP contribution is 2.32. The summed E-state index contributed by atoms with van der Waals surface area (Å²) in [5.74, 6) is 0.802. The number of fused-ring (bicyclic) bond motifs is 1. The van der Waals surface area contributed by atoms with Crippen LogP contribution >= 0.6 is 11.8 Å². The number of aryl methyl sites for hydroxylation is 2. The van der Waals surface area contributed by atoms with Gasteiger partial charge in [-0.3, -0.25) is 19.1 Å². The van der Waals surface area contributed by atoms with Gasteiger partial charge in [0.1, 0.15) is 0 Å². The number of aromatic nitrogens is 3. The Morgan fingerprint density at radius 3 is 2.42 bits per heavy atom. The minimum atomic E-state index is -0.449. The molecule has 0 spiro atoms. The first-order valence-corrected chi connectivity index (χ1v) is 13.5. The molecule has 0 aliphatic heterocycles. The highest BCUT2D eigenvalue weighted by Gasteiger charge is 2.23. The Hall–Kier alpha value is -3.85. The number of anilines is 1. The van der Waals surface area contributed by atoms with Crippen molar-refractivity contribution < 1.29 is 14.3 Å². The summed E-state index contributed by atoms with van der Waals surface area (Å²) in [5, 5.41) is 3.45. The maximum atomic E-state index is 13.7. The maximum Gasteiger partial charge on any atom is 0.262 e. The quantitative estimate of drug-likeness (QED) is 0.212. The summed E-state index contributed by atoms with van der Waals surface area (Å²) < 4.78 is 12.5. The van der Waals surface area contributed by atoms with Crippen molar-refractivity contribution in [3.05, 3.63) is 82.4 Å². The molecule has 0 aliphatic carbocycles. The largest absolute Gasteiger partial charge is 0.493 e. The van der Waals surface area contributed by atoms with Crippen molar-refractivity contribution >= 4 is 34.3 Å². The van der Waals surface area contributed by atoms with Gasteiger partial charge in [-0.25, -0.2) is 4.98 Å². The minimum absolute atomic E-state index is 0.137. The van der Waals surface area contributed by atoms with Gasteiger partial charge in [0.25, 0.3) is 5.56 Å². The van der Waals surface area contributed by atoms with Crippen LogP contribution < -0.4 is 20.3 Å². The third-order valence-corrected chi connectivity index (χ3v) is 7.67. The highest BCUT2D eigenvalue weighted by molar-refractivity contribution is 8.00. The first-order valence-electron chi connectivity index (χ1n) is 12.6. The third kappa shape index (κ3) is 6.16. The van der Waals surface area contributed by atoms with Gasteiger partial charge in [0.2, 0.25) is 5.91 Å². The second-order valence-electron chi connectivity index (χ2n) is 8.74. The molecule has 0 saturated heterocycles. The molecule has 2 aromatic carbocycles. The smallest absolute Gasteiger partial charge is 0.262 e. The van der Waals surface area contributed by atoms with E-state index in [-0.39, 0.29) is 11.5 Å². The van der Waals surface area contributed by atoms with Gasteiger partial charge in [0, 0.05) is 30.7 Å². The molecule has 0 bridgehead atoms. The lowest BCUT2D eigenvalue weighted by Gasteiger charge is -2.19. The average molecular weight is 533 g/mol. The first-order chi connectivity index (χ1) is 18.5. The van der Waals surface area contributed by atoms with Crippen LogP contribution in [0, 0.1) is 0 Å². The van der Waals surface area contributed by atoms with Crippen molar-refractivity contribution in [1.29, 1.82) is 0 Å². The van der Waals surface area contributed by atoms with Crippen LogP contribution in [0.4, 0.5) is 5.69 Å². The number of nitrogens with one attached hydrogen (secondary N) is 1. The van der Waals surface area contributed by atoms with Gasteiger partial charge >= 0.3 is 0 Å².